The van der Waals surface area contributed by atoms with Gasteiger partial charge in [-0.3, -0.25) is 14.6 Å². The molecule has 1 aliphatic rings. The first-order valence-corrected chi connectivity index (χ1v) is 6.44. The fourth-order valence-corrected chi connectivity index (χ4v) is 2.43. The summed E-state index contributed by atoms with van der Waals surface area (Å²) in [5.41, 5.74) is -0.630. The van der Waals surface area contributed by atoms with E-state index in [0.717, 1.165) is 0 Å². The summed E-state index contributed by atoms with van der Waals surface area (Å²) in [6, 6.07) is 3.09. The van der Waals surface area contributed by atoms with E-state index in [1.807, 2.05) is 0 Å². The molecule has 0 aromatic carbocycles. The van der Waals surface area contributed by atoms with Gasteiger partial charge >= 0.3 is 5.97 Å². The number of carbonyl (C=O) groups is 2. The van der Waals surface area contributed by atoms with Gasteiger partial charge in [-0.15, -0.1) is 0 Å². The zero-order chi connectivity index (χ0) is 14.0. The molecular weight excluding hydrogens is 268 g/mol. The van der Waals surface area contributed by atoms with Gasteiger partial charge in [-0.05, 0) is 31.9 Å². The summed E-state index contributed by atoms with van der Waals surface area (Å²) >= 11 is 5.83. The van der Waals surface area contributed by atoms with Crippen LogP contribution in [0.1, 0.15) is 30.3 Å². The van der Waals surface area contributed by atoms with E-state index in [-0.39, 0.29) is 18.1 Å². The van der Waals surface area contributed by atoms with Gasteiger partial charge in [0.2, 0.25) is 0 Å². The van der Waals surface area contributed by atoms with Crippen molar-refractivity contribution in [2.45, 2.75) is 19.8 Å². The number of pyridine rings is 1. The van der Waals surface area contributed by atoms with Gasteiger partial charge in [0.05, 0.1) is 5.41 Å². The molecule has 1 amide bonds. The van der Waals surface area contributed by atoms with Crippen molar-refractivity contribution in [3.8, 4) is 0 Å². The van der Waals surface area contributed by atoms with Crippen LogP contribution in [0, 0.1) is 5.41 Å². The normalized spacial score (nSPS) is 23.2. The summed E-state index contributed by atoms with van der Waals surface area (Å²) in [4.78, 5) is 29.1. The SMILES string of the molecule is CC1(C(=O)O)CCCN(C(=O)c2cc(Cl)ccn2)C1. The topological polar surface area (TPSA) is 70.5 Å². The zero-order valence-electron chi connectivity index (χ0n) is 10.6. The van der Waals surface area contributed by atoms with Crippen LogP contribution >= 0.6 is 11.6 Å². The molecule has 0 bridgehead atoms. The predicted molar refractivity (Wildman–Crippen MR) is 70.1 cm³/mol. The zero-order valence-corrected chi connectivity index (χ0v) is 11.4. The predicted octanol–water partition coefficient (Wildman–Crippen LogP) is 2.06. The molecule has 1 N–H and O–H groups in total. The second-order valence-corrected chi connectivity index (χ2v) is 5.49. The number of likely N-dealkylation sites (tertiary alicyclic amines) is 1. The monoisotopic (exact) mass is 282 g/mol. The third kappa shape index (κ3) is 2.87. The molecule has 0 saturated carbocycles. The van der Waals surface area contributed by atoms with Crippen LogP contribution < -0.4 is 0 Å². The maximum absolute atomic E-state index is 12.3. The summed E-state index contributed by atoms with van der Waals surface area (Å²) in [5, 5.41) is 9.68. The highest BCUT2D eigenvalue weighted by atomic mass is 35.5. The second kappa shape index (κ2) is 5.17. The first-order chi connectivity index (χ1) is 8.92. The molecule has 0 radical (unpaired) electrons. The number of amides is 1. The molecule has 1 aromatic heterocycles. The quantitative estimate of drug-likeness (QED) is 0.901. The maximum Gasteiger partial charge on any atom is 0.311 e. The summed E-state index contributed by atoms with van der Waals surface area (Å²) in [7, 11) is 0. The average Bonchev–Trinajstić information content (AvgIpc) is 2.38. The van der Waals surface area contributed by atoms with Crippen LogP contribution in [-0.2, 0) is 4.79 Å². The number of nitrogens with zero attached hydrogens (tertiary/aromatic N) is 2. The van der Waals surface area contributed by atoms with Gasteiger partial charge in [0, 0.05) is 24.3 Å². The largest absolute Gasteiger partial charge is 0.481 e. The number of aromatic nitrogens is 1. The van der Waals surface area contributed by atoms with E-state index >= 15 is 0 Å². The lowest BCUT2D eigenvalue weighted by Gasteiger charge is -2.37. The van der Waals surface area contributed by atoms with Gasteiger partial charge < -0.3 is 10.0 Å². The fraction of sp³-hybridized carbons (Fsp3) is 0.462. The van der Waals surface area contributed by atoms with Gasteiger partial charge in [-0.25, -0.2) is 0 Å². The Bertz CT molecular complexity index is 520. The molecule has 2 rings (SSSR count). The number of carbonyl (C=O) groups excluding carboxylic acids is 1. The third-order valence-electron chi connectivity index (χ3n) is 3.44. The van der Waals surface area contributed by atoms with Crippen LogP contribution in [0.15, 0.2) is 18.3 Å². The van der Waals surface area contributed by atoms with Gasteiger partial charge in [-0.1, -0.05) is 11.6 Å². The average molecular weight is 283 g/mol. The molecule has 1 aromatic rings. The van der Waals surface area contributed by atoms with Gasteiger partial charge in [0.15, 0.2) is 0 Å². The van der Waals surface area contributed by atoms with E-state index < -0.39 is 11.4 Å². The molecule has 5 nitrogen and oxygen atoms in total. The van der Waals surface area contributed by atoms with Gasteiger partial charge in [-0.2, -0.15) is 0 Å². The van der Waals surface area contributed by atoms with Crippen molar-refractivity contribution in [2.75, 3.05) is 13.1 Å². The molecule has 2 heterocycles. The first kappa shape index (κ1) is 13.8. The van der Waals surface area contributed by atoms with E-state index in [2.05, 4.69) is 4.98 Å². The summed E-state index contributed by atoms with van der Waals surface area (Å²) in [5.74, 6) is -1.14. The van der Waals surface area contributed by atoms with E-state index in [1.165, 1.54) is 17.2 Å². The third-order valence-corrected chi connectivity index (χ3v) is 3.68. The number of carboxylic acid groups (broad SMARTS) is 1. The van der Waals surface area contributed by atoms with E-state index in [9.17, 15) is 14.7 Å². The Balaban J connectivity index is 2.18. The lowest BCUT2D eigenvalue weighted by molar-refractivity contribution is -0.150. The Morgan fingerprint density at radius 3 is 2.89 bits per heavy atom. The van der Waals surface area contributed by atoms with Crippen LogP contribution in [0.3, 0.4) is 0 Å². The number of hydrogen-bond acceptors (Lipinski definition) is 3. The fourth-order valence-electron chi connectivity index (χ4n) is 2.27. The van der Waals surface area contributed by atoms with E-state index in [0.29, 0.717) is 24.4 Å². The standard InChI is InChI=1S/C13H15ClN2O3/c1-13(12(18)19)4-2-6-16(8-13)11(17)10-7-9(14)3-5-15-10/h3,5,7H,2,4,6,8H2,1H3,(H,18,19). The number of hydrogen-bond donors (Lipinski definition) is 1. The summed E-state index contributed by atoms with van der Waals surface area (Å²) < 4.78 is 0. The first-order valence-electron chi connectivity index (χ1n) is 6.07. The molecule has 1 fully saturated rings. The number of aliphatic carboxylic acids is 1. The Hall–Kier alpha value is -1.62. The molecule has 0 spiro atoms. The number of carboxylic acids is 1. The van der Waals surface area contributed by atoms with Crippen LogP contribution in [0.25, 0.3) is 0 Å². The molecule has 1 aliphatic heterocycles. The highest BCUT2D eigenvalue weighted by molar-refractivity contribution is 6.30. The Morgan fingerprint density at radius 2 is 2.26 bits per heavy atom. The summed E-state index contributed by atoms with van der Waals surface area (Å²) in [6.07, 6.45) is 2.72. The second-order valence-electron chi connectivity index (χ2n) is 5.06. The molecule has 1 unspecified atom stereocenters. The smallest absolute Gasteiger partial charge is 0.311 e. The maximum atomic E-state index is 12.3. The molecule has 19 heavy (non-hydrogen) atoms. The van der Waals surface area contributed by atoms with Crippen LogP contribution in [0.2, 0.25) is 5.02 Å². The van der Waals surface area contributed by atoms with Crippen molar-refractivity contribution in [2.24, 2.45) is 5.41 Å². The van der Waals surface area contributed by atoms with Crippen LogP contribution in [-0.4, -0.2) is 40.0 Å². The van der Waals surface area contributed by atoms with Gasteiger partial charge in [0.1, 0.15) is 5.69 Å². The lowest BCUT2D eigenvalue weighted by Crippen LogP contribution is -2.48. The molecule has 1 atom stereocenters. The highest BCUT2D eigenvalue weighted by Crippen LogP contribution is 2.30. The Labute approximate surface area is 116 Å². The summed E-state index contributed by atoms with van der Waals surface area (Å²) in [6.45, 7) is 2.42. The van der Waals surface area contributed by atoms with Crippen LogP contribution in [0.5, 0.6) is 0 Å². The molecule has 0 aliphatic carbocycles. The number of halogens is 1. The molecule has 1 saturated heterocycles. The minimum absolute atomic E-state index is 0.204. The Morgan fingerprint density at radius 1 is 1.53 bits per heavy atom. The van der Waals surface area contributed by atoms with E-state index in [1.54, 1.807) is 13.0 Å². The van der Waals surface area contributed by atoms with E-state index in [4.69, 9.17) is 11.6 Å². The van der Waals surface area contributed by atoms with Gasteiger partial charge in [0.25, 0.3) is 5.91 Å². The number of rotatable bonds is 2. The Kier molecular flexibility index (Phi) is 3.75. The van der Waals surface area contributed by atoms with Crippen LogP contribution in [0.4, 0.5) is 0 Å². The molecule has 6 heteroatoms. The highest BCUT2D eigenvalue weighted by Gasteiger charge is 2.39. The van der Waals surface area contributed by atoms with Crippen molar-refractivity contribution in [1.82, 2.24) is 9.88 Å². The van der Waals surface area contributed by atoms with Crippen molar-refractivity contribution in [3.05, 3.63) is 29.0 Å². The van der Waals surface area contributed by atoms with Crippen molar-refractivity contribution in [1.29, 1.82) is 0 Å². The minimum Gasteiger partial charge on any atom is -0.481 e. The molecular formula is C13H15ClN2O3. The molecule has 102 valence electrons. The number of piperidine rings is 1. The van der Waals surface area contributed by atoms with Crippen molar-refractivity contribution >= 4 is 23.5 Å². The van der Waals surface area contributed by atoms with Crippen molar-refractivity contribution < 1.29 is 14.7 Å². The lowest BCUT2D eigenvalue weighted by atomic mass is 9.82. The van der Waals surface area contributed by atoms with Crippen molar-refractivity contribution in [3.63, 3.8) is 0 Å². The minimum atomic E-state index is -0.882.